The Bertz CT molecular complexity index is 1330. The average molecular weight is 447 g/mol. The van der Waals surface area contributed by atoms with E-state index in [9.17, 15) is 13.6 Å². The van der Waals surface area contributed by atoms with Crippen molar-refractivity contribution in [1.82, 2.24) is 25.3 Å². The van der Waals surface area contributed by atoms with Crippen LogP contribution in [-0.2, 0) is 0 Å². The standard InChI is InChI=1S/C23H19F2N7O/c24-17-3-1-14(2-4-17)22(33)32-20-6-15-5-16(7-28-18(15)9-29-20)19-8-26-10-21(31-19)30-13-23(25)11-27-12-23/h1-10,27H,11-13H2,(H,30,31)(H,29,32,33). The Labute approximate surface area is 187 Å². The lowest BCUT2D eigenvalue weighted by molar-refractivity contribution is 0.102. The van der Waals surface area contributed by atoms with Crippen molar-refractivity contribution >= 4 is 28.4 Å². The van der Waals surface area contributed by atoms with Crippen molar-refractivity contribution in [2.45, 2.75) is 5.67 Å². The molecule has 5 rings (SSSR count). The van der Waals surface area contributed by atoms with Crippen molar-refractivity contribution in [3.8, 4) is 11.3 Å². The van der Waals surface area contributed by atoms with E-state index < -0.39 is 17.4 Å². The molecule has 1 aliphatic heterocycles. The van der Waals surface area contributed by atoms with Crippen LogP contribution in [0.4, 0.5) is 20.4 Å². The van der Waals surface area contributed by atoms with Gasteiger partial charge in [0, 0.05) is 35.8 Å². The van der Waals surface area contributed by atoms with Crippen molar-refractivity contribution < 1.29 is 13.6 Å². The van der Waals surface area contributed by atoms with Crippen molar-refractivity contribution in [3.05, 3.63) is 72.6 Å². The van der Waals surface area contributed by atoms with E-state index in [0.717, 1.165) is 5.39 Å². The van der Waals surface area contributed by atoms with Crippen LogP contribution in [0.15, 0.2) is 61.2 Å². The third kappa shape index (κ3) is 4.60. The number of aromatic nitrogens is 4. The molecular formula is C23H19F2N7O. The topological polar surface area (TPSA) is 105 Å². The van der Waals surface area contributed by atoms with Gasteiger partial charge in [-0.05, 0) is 36.4 Å². The first-order valence-electron chi connectivity index (χ1n) is 10.3. The van der Waals surface area contributed by atoms with Crippen LogP contribution in [0.1, 0.15) is 10.4 Å². The van der Waals surface area contributed by atoms with Gasteiger partial charge in [-0.2, -0.15) is 0 Å². The lowest BCUT2D eigenvalue weighted by atomic mass is 10.00. The number of hydrogen-bond donors (Lipinski definition) is 3. The summed E-state index contributed by atoms with van der Waals surface area (Å²) in [7, 11) is 0. The molecule has 0 saturated carbocycles. The van der Waals surface area contributed by atoms with Gasteiger partial charge < -0.3 is 16.0 Å². The predicted molar refractivity (Wildman–Crippen MR) is 120 cm³/mol. The summed E-state index contributed by atoms with van der Waals surface area (Å²) < 4.78 is 27.3. The molecule has 4 heterocycles. The van der Waals surface area contributed by atoms with Gasteiger partial charge in [-0.1, -0.05) is 0 Å². The number of carbonyl (C=O) groups is 1. The van der Waals surface area contributed by atoms with Crippen LogP contribution >= 0.6 is 0 Å². The van der Waals surface area contributed by atoms with E-state index in [0.29, 0.717) is 47.1 Å². The fourth-order valence-corrected chi connectivity index (χ4v) is 3.39. The molecule has 8 nitrogen and oxygen atoms in total. The maximum Gasteiger partial charge on any atom is 0.256 e. The van der Waals surface area contributed by atoms with E-state index in [1.807, 2.05) is 6.07 Å². The van der Waals surface area contributed by atoms with Gasteiger partial charge in [0.25, 0.3) is 5.91 Å². The van der Waals surface area contributed by atoms with Crippen LogP contribution in [0.2, 0.25) is 0 Å². The van der Waals surface area contributed by atoms with Gasteiger partial charge in [-0.15, -0.1) is 0 Å². The molecule has 0 radical (unpaired) electrons. The summed E-state index contributed by atoms with van der Waals surface area (Å²) in [6.45, 7) is 0.780. The second-order valence-electron chi connectivity index (χ2n) is 7.84. The van der Waals surface area contributed by atoms with E-state index in [1.54, 1.807) is 30.9 Å². The summed E-state index contributed by atoms with van der Waals surface area (Å²) in [5.74, 6) is -0.0124. The Hall–Kier alpha value is -4.05. The number of pyridine rings is 2. The van der Waals surface area contributed by atoms with Gasteiger partial charge in [0.2, 0.25) is 0 Å². The summed E-state index contributed by atoms with van der Waals surface area (Å²) in [6.07, 6.45) is 6.35. The van der Waals surface area contributed by atoms with Gasteiger partial charge in [-0.25, -0.2) is 18.7 Å². The minimum absolute atomic E-state index is 0.150. The molecule has 10 heteroatoms. The van der Waals surface area contributed by atoms with Gasteiger partial charge in [0.15, 0.2) is 5.67 Å². The van der Waals surface area contributed by atoms with Crippen LogP contribution < -0.4 is 16.0 Å². The molecule has 0 spiro atoms. The normalized spacial score (nSPS) is 14.5. The first-order valence-corrected chi connectivity index (χ1v) is 10.3. The number of benzene rings is 1. The first-order chi connectivity index (χ1) is 16.0. The van der Waals surface area contributed by atoms with Crippen molar-refractivity contribution in [1.29, 1.82) is 0 Å². The average Bonchev–Trinajstić information content (AvgIpc) is 2.81. The van der Waals surface area contributed by atoms with Gasteiger partial charge >= 0.3 is 0 Å². The summed E-state index contributed by atoms with van der Waals surface area (Å²) >= 11 is 0. The van der Waals surface area contributed by atoms with Crippen molar-refractivity contribution in [3.63, 3.8) is 0 Å². The Morgan fingerprint density at radius 1 is 1.03 bits per heavy atom. The fourth-order valence-electron chi connectivity index (χ4n) is 3.39. The molecular weight excluding hydrogens is 428 g/mol. The number of fused-ring (bicyclic) bond motifs is 1. The number of anilines is 2. The fraction of sp³-hybridized carbons (Fsp3) is 0.174. The quantitative estimate of drug-likeness (QED) is 0.417. The summed E-state index contributed by atoms with van der Waals surface area (Å²) in [4.78, 5) is 29.7. The maximum atomic E-state index is 14.2. The first kappa shape index (κ1) is 20.8. The number of halogens is 2. The number of rotatable bonds is 6. The molecule has 0 unspecified atom stereocenters. The van der Waals surface area contributed by atoms with Crippen molar-refractivity contribution in [2.24, 2.45) is 0 Å². The van der Waals surface area contributed by atoms with Crippen LogP contribution in [-0.4, -0.2) is 51.1 Å². The van der Waals surface area contributed by atoms with Crippen LogP contribution in [0.5, 0.6) is 0 Å². The predicted octanol–water partition coefficient (Wildman–Crippen LogP) is 3.20. The second-order valence-corrected chi connectivity index (χ2v) is 7.84. The monoisotopic (exact) mass is 447 g/mol. The Balaban J connectivity index is 1.36. The van der Waals surface area contributed by atoms with Crippen LogP contribution in [0.25, 0.3) is 22.2 Å². The van der Waals surface area contributed by atoms with Crippen LogP contribution in [0, 0.1) is 5.82 Å². The lowest BCUT2D eigenvalue weighted by Gasteiger charge is -2.35. The molecule has 1 aromatic carbocycles. The Morgan fingerprint density at radius 2 is 1.85 bits per heavy atom. The zero-order valence-corrected chi connectivity index (χ0v) is 17.3. The Kier molecular flexibility index (Phi) is 5.35. The summed E-state index contributed by atoms with van der Waals surface area (Å²) in [5, 5.41) is 9.35. The third-order valence-corrected chi connectivity index (χ3v) is 5.32. The van der Waals surface area contributed by atoms with Gasteiger partial charge in [0.1, 0.15) is 17.5 Å². The van der Waals surface area contributed by atoms with Gasteiger partial charge in [0.05, 0.1) is 36.3 Å². The smallest absolute Gasteiger partial charge is 0.256 e. The zero-order valence-electron chi connectivity index (χ0n) is 17.3. The number of hydrogen-bond acceptors (Lipinski definition) is 7. The molecule has 0 aliphatic carbocycles. The third-order valence-electron chi connectivity index (χ3n) is 5.32. The molecule has 4 aromatic rings. The molecule has 1 saturated heterocycles. The van der Waals surface area contributed by atoms with Crippen LogP contribution in [0.3, 0.4) is 0 Å². The number of alkyl halides is 1. The minimum Gasteiger partial charge on any atom is -0.365 e. The molecule has 0 bridgehead atoms. The molecule has 0 atom stereocenters. The number of carbonyl (C=O) groups excluding carboxylic acids is 1. The molecule has 1 amide bonds. The highest BCUT2D eigenvalue weighted by atomic mass is 19.1. The SMILES string of the molecule is O=C(Nc1cc2cc(-c3cncc(NCC4(F)CNC4)n3)cnc2cn1)c1ccc(F)cc1. The molecule has 3 aromatic heterocycles. The Morgan fingerprint density at radius 3 is 2.61 bits per heavy atom. The number of nitrogens with zero attached hydrogens (tertiary/aromatic N) is 4. The minimum atomic E-state index is -1.27. The number of nitrogens with one attached hydrogen (secondary N) is 3. The van der Waals surface area contributed by atoms with E-state index in [-0.39, 0.29) is 6.54 Å². The van der Waals surface area contributed by atoms with E-state index >= 15 is 0 Å². The molecule has 166 valence electrons. The summed E-state index contributed by atoms with van der Waals surface area (Å²) in [6, 6.07) is 8.80. The highest BCUT2D eigenvalue weighted by Gasteiger charge is 2.36. The van der Waals surface area contributed by atoms with E-state index in [4.69, 9.17) is 0 Å². The molecule has 1 aliphatic rings. The van der Waals surface area contributed by atoms with E-state index in [1.165, 1.54) is 24.3 Å². The largest absolute Gasteiger partial charge is 0.365 e. The van der Waals surface area contributed by atoms with Gasteiger partial charge in [-0.3, -0.25) is 14.8 Å². The molecule has 33 heavy (non-hydrogen) atoms. The lowest BCUT2D eigenvalue weighted by Crippen LogP contribution is -2.59. The number of amides is 1. The highest BCUT2D eigenvalue weighted by molar-refractivity contribution is 6.04. The molecule has 1 fully saturated rings. The zero-order chi connectivity index (χ0) is 22.8. The second kappa shape index (κ2) is 8.47. The highest BCUT2D eigenvalue weighted by Crippen LogP contribution is 2.24. The van der Waals surface area contributed by atoms with Crippen molar-refractivity contribution in [2.75, 3.05) is 30.3 Å². The molecule has 3 N–H and O–H groups in total. The maximum absolute atomic E-state index is 14.2. The van der Waals surface area contributed by atoms with E-state index in [2.05, 4.69) is 35.9 Å². The summed E-state index contributed by atoms with van der Waals surface area (Å²) in [5.41, 5.74) is 0.961.